The molecule has 0 aliphatic heterocycles. The first-order valence-corrected chi connectivity index (χ1v) is 6.92. The van der Waals surface area contributed by atoms with Crippen LogP contribution in [0.3, 0.4) is 0 Å². The van der Waals surface area contributed by atoms with Crippen LogP contribution in [0.2, 0.25) is 0 Å². The van der Waals surface area contributed by atoms with Gasteiger partial charge in [-0.2, -0.15) is 0 Å². The molecule has 0 heterocycles. The van der Waals surface area contributed by atoms with E-state index in [1.807, 2.05) is 0 Å². The largest absolute Gasteiger partial charge is 0.375 e. The maximum absolute atomic E-state index is 6.34. The third kappa shape index (κ3) is 3.64. The van der Waals surface area contributed by atoms with Crippen molar-refractivity contribution in [3.63, 3.8) is 0 Å². The predicted molar refractivity (Wildman–Crippen MR) is 77.3 cm³/mol. The molecule has 0 saturated heterocycles. The first kappa shape index (κ1) is 14.4. The zero-order valence-corrected chi connectivity index (χ0v) is 12.2. The smallest absolute Gasteiger partial charge is 0.0733 e. The standard InChI is InChI=1S/C15H24ClN/c1-6-17(7-2)14-8-12(5)15(16)10-13(9-14)11(3)4/h9-11,15H,5-8H2,1-4H3. The van der Waals surface area contributed by atoms with E-state index in [9.17, 15) is 0 Å². The average molecular weight is 254 g/mol. The minimum atomic E-state index is -0.0308. The van der Waals surface area contributed by atoms with Crippen LogP contribution in [-0.2, 0) is 0 Å². The molecular formula is C15H24ClN. The van der Waals surface area contributed by atoms with Crippen molar-refractivity contribution in [1.82, 2.24) is 4.90 Å². The van der Waals surface area contributed by atoms with Crippen molar-refractivity contribution in [1.29, 1.82) is 0 Å². The van der Waals surface area contributed by atoms with Gasteiger partial charge >= 0.3 is 0 Å². The van der Waals surface area contributed by atoms with E-state index in [0.717, 1.165) is 25.1 Å². The van der Waals surface area contributed by atoms with E-state index in [1.54, 1.807) is 0 Å². The molecule has 0 aromatic heterocycles. The van der Waals surface area contributed by atoms with Crippen molar-refractivity contribution in [2.24, 2.45) is 5.92 Å². The van der Waals surface area contributed by atoms with E-state index in [2.05, 4.69) is 51.3 Å². The Morgan fingerprint density at radius 3 is 2.47 bits per heavy atom. The van der Waals surface area contributed by atoms with Crippen molar-refractivity contribution in [3.8, 4) is 0 Å². The predicted octanol–water partition coefficient (Wildman–Crippen LogP) is 4.36. The highest BCUT2D eigenvalue weighted by molar-refractivity contribution is 6.23. The minimum Gasteiger partial charge on any atom is -0.375 e. The monoisotopic (exact) mass is 253 g/mol. The lowest BCUT2D eigenvalue weighted by atomic mass is 10.0. The summed E-state index contributed by atoms with van der Waals surface area (Å²) in [5, 5.41) is -0.0308. The van der Waals surface area contributed by atoms with Crippen LogP contribution in [0.25, 0.3) is 0 Å². The maximum Gasteiger partial charge on any atom is 0.0733 e. The van der Waals surface area contributed by atoms with E-state index in [0.29, 0.717) is 5.92 Å². The Kier molecular flexibility index (Phi) is 5.32. The highest BCUT2D eigenvalue weighted by Crippen LogP contribution is 2.29. The second-order valence-corrected chi connectivity index (χ2v) is 5.34. The Labute approximate surface area is 111 Å². The van der Waals surface area contributed by atoms with Gasteiger partial charge in [-0.25, -0.2) is 0 Å². The third-order valence-corrected chi connectivity index (χ3v) is 3.74. The van der Waals surface area contributed by atoms with Gasteiger partial charge in [-0.1, -0.05) is 26.5 Å². The van der Waals surface area contributed by atoms with E-state index in [1.165, 1.54) is 11.3 Å². The second-order valence-electron chi connectivity index (χ2n) is 4.87. The lowest BCUT2D eigenvalue weighted by Crippen LogP contribution is -2.22. The van der Waals surface area contributed by atoms with Gasteiger partial charge in [0.05, 0.1) is 5.38 Å². The molecule has 0 spiro atoms. The number of rotatable bonds is 4. The quantitative estimate of drug-likeness (QED) is 0.532. The van der Waals surface area contributed by atoms with Crippen molar-refractivity contribution in [2.45, 2.75) is 39.5 Å². The Balaban J connectivity index is 3.06. The molecule has 1 rings (SSSR count). The van der Waals surface area contributed by atoms with Gasteiger partial charge in [0.25, 0.3) is 0 Å². The Bertz CT molecular complexity index is 335. The number of halogens is 1. The van der Waals surface area contributed by atoms with Crippen molar-refractivity contribution in [2.75, 3.05) is 13.1 Å². The van der Waals surface area contributed by atoms with Gasteiger partial charge in [0.15, 0.2) is 0 Å². The molecular weight excluding hydrogens is 230 g/mol. The highest BCUT2D eigenvalue weighted by Gasteiger charge is 2.18. The fraction of sp³-hybridized carbons (Fsp3) is 0.600. The Hall–Kier alpha value is -0.690. The van der Waals surface area contributed by atoms with Gasteiger partial charge in [-0.3, -0.25) is 0 Å². The molecule has 0 aromatic rings. The second kappa shape index (κ2) is 6.30. The summed E-state index contributed by atoms with van der Waals surface area (Å²) in [6, 6.07) is 0. The summed E-state index contributed by atoms with van der Waals surface area (Å²) < 4.78 is 0. The molecule has 1 atom stereocenters. The molecule has 0 amide bonds. The van der Waals surface area contributed by atoms with Gasteiger partial charge in [-0.05, 0) is 37.0 Å². The lowest BCUT2D eigenvalue weighted by Gasteiger charge is -2.25. The van der Waals surface area contributed by atoms with E-state index in [-0.39, 0.29) is 5.38 Å². The number of hydrogen-bond donors (Lipinski definition) is 0. The summed E-state index contributed by atoms with van der Waals surface area (Å²) in [5.41, 5.74) is 3.77. The number of hydrogen-bond acceptors (Lipinski definition) is 1. The number of alkyl halides is 1. The topological polar surface area (TPSA) is 3.24 Å². The van der Waals surface area contributed by atoms with Crippen LogP contribution < -0.4 is 0 Å². The lowest BCUT2D eigenvalue weighted by molar-refractivity contribution is 0.373. The van der Waals surface area contributed by atoms with Gasteiger partial charge in [0.1, 0.15) is 0 Å². The molecule has 1 unspecified atom stereocenters. The highest BCUT2D eigenvalue weighted by atomic mass is 35.5. The first-order chi connectivity index (χ1) is 7.99. The Morgan fingerprint density at radius 1 is 1.41 bits per heavy atom. The first-order valence-electron chi connectivity index (χ1n) is 6.48. The number of allylic oxidation sites excluding steroid dienone is 4. The SMILES string of the molecule is C=C1CC(N(CC)CC)=CC(C(C)C)=CC1Cl. The van der Waals surface area contributed by atoms with Crippen molar-refractivity contribution >= 4 is 11.6 Å². The fourth-order valence-electron chi connectivity index (χ4n) is 2.10. The molecule has 2 heteroatoms. The molecule has 0 saturated carbocycles. The fourth-order valence-corrected chi connectivity index (χ4v) is 2.32. The molecule has 96 valence electrons. The van der Waals surface area contributed by atoms with Gasteiger partial charge in [-0.15, -0.1) is 11.6 Å². The van der Waals surface area contributed by atoms with Gasteiger partial charge in [0, 0.05) is 25.2 Å². The van der Waals surface area contributed by atoms with Gasteiger partial charge < -0.3 is 4.90 Å². The molecule has 1 aliphatic rings. The van der Waals surface area contributed by atoms with Crippen LogP contribution >= 0.6 is 11.6 Å². The van der Waals surface area contributed by atoms with Crippen LogP contribution in [0.5, 0.6) is 0 Å². The maximum atomic E-state index is 6.34. The average Bonchev–Trinajstić information content (AvgIpc) is 2.41. The summed E-state index contributed by atoms with van der Waals surface area (Å²) in [7, 11) is 0. The minimum absolute atomic E-state index is 0.0308. The van der Waals surface area contributed by atoms with Crippen LogP contribution in [0.15, 0.2) is 35.6 Å². The van der Waals surface area contributed by atoms with E-state index < -0.39 is 0 Å². The molecule has 0 bridgehead atoms. The van der Waals surface area contributed by atoms with Crippen LogP contribution in [0.4, 0.5) is 0 Å². The van der Waals surface area contributed by atoms with Crippen LogP contribution in [0.1, 0.15) is 34.1 Å². The molecule has 0 aromatic carbocycles. The molecule has 17 heavy (non-hydrogen) atoms. The van der Waals surface area contributed by atoms with Gasteiger partial charge in [0.2, 0.25) is 0 Å². The zero-order valence-electron chi connectivity index (χ0n) is 11.5. The third-order valence-electron chi connectivity index (χ3n) is 3.31. The summed E-state index contributed by atoms with van der Waals surface area (Å²) in [6.45, 7) is 15.0. The summed E-state index contributed by atoms with van der Waals surface area (Å²) in [6.07, 6.45) is 5.33. The molecule has 1 aliphatic carbocycles. The van der Waals surface area contributed by atoms with Crippen LogP contribution in [-0.4, -0.2) is 23.4 Å². The summed E-state index contributed by atoms with van der Waals surface area (Å²) in [5.74, 6) is 0.507. The Morgan fingerprint density at radius 2 is 2.00 bits per heavy atom. The number of nitrogens with zero attached hydrogens (tertiary/aromatic N) is 1. The molecule has 0 N–H and O–H groups in total. The van der Waals surface area contributed by atoms with Crippen molar-refractivity contribution < 1.29 is 0 Å². The zero-order chi connectivity index (χ0) is 13.0. The molecule has 1 nitrogen and oxygen atoms in total. The molecule has 0 radical (unpaired) electrons. The van der Waals surface area contributed by atoms with E-state index >= 15 is 0 Å². The molecule has 0 fully saturated rings. The van der Waals surface area contributed by atoms with Crippen molar-refractivity contribution in [3.05, 3.63) is 35.6 Å². The van der Waals surface area contributed by atoms with E-state index in [4.69, 9.17) is 11.6 Å². The summed E-state index contributed by atoms with van der Waals surface area (Å²) >= 11 is 6.34. The summed E-state index contributed by atoms with van der Waals surface area (Å²) in [4.78, 5) is 2.39. The normalized spacial score (nSPS) is 21.1. The van der Waals surface area contributed by atoms with Crippen LogP contribution in [0, 0.1) is 5.92 Å².